The highest BCUT2D eigenvalue weighted by Crippen LogP contribution is 2.21. The van der Waals surface area contributed by atoms with E-state index in [2.05, 4.69) is 15.3 Å². The molecule has 0 bridgehead atoms. The molecule has 100 valence electrons. The first kappa shape index (κ1) is 13.5. The Morgan fingerprint density at radius 3 is 3.05 bits per heavy atom. The Morgan fingerprint density at radius 2 is 2.32 bits per heavy atom. The van der Waals surface area contributed by atoms with Gasteiger partial charge in [0.1, 0.15) is 0 Å². The van der Waals surface area contributed by atoms with Gasteiger partial charge in [-0.05, 0) is 25.5 Å². The van der Waals surface area contributed by atoms with Gasteiger partial charge in [-0.1, -0.05) is 0 Å². The first-order valence-corrected chi connectivity index (χ1v) is 6.84. The number of nitrogens with one attached hydrogen (secondary N) is 1. The summed E-state index contributed by atoms with van der Waals surface area (Å²) >= 11 is 1.45. The number of pyridine rings is 1. The number of anilines is 2. The summed E-state index contributed by atoms with van der Waals surface area (Å²) in [7, 11) is 0. The summed E-state index contributed by atoms with van der Waals surface area (Å²) in [5, 5.41) is 5.76. The number of ether oxygens (including phenoxy) is 1. The van der Waals surface area contributed by atoms with E-state index < -0.39 is 0 Å². The second-order valence-corrected chi connectivity index (χ2v) is 4.86. The van der Waals surface area contributed by atoms with Gasteiger partial charge in [0.15, 0.2) is 5.13 Å². The van der Waals surface area contributed by atoms with E-state index in [1.807, 2.05) is 18.4 Å². The number of hydrogen-bond acceptors (Lipinski definition) is 6. The molecular formula is C13H15N3O2S. The summed E-state index contributed by atoms with van der Waals surface area (Å²) in [6.07, 6.45) is 3.73. The molecule has 0 atom stereocenters. The summed E-state index contributed by atoms with van der Waals surface area (Å²) in [4.78, 5) is 19.8. The van der Waals surface area contributed by atoms with Crippen molar-refractivity contribution < 1.29 is 9.53 Å². The van der Waals surface area contributed by atoms with Gasteiger partial charge in [-0.3, -0.25) is 9.78 Å². The van der Waals surface area contributed by atoms with Crippen LogP contribution in [0.2, 0.25) is 0 Å². The minimum absolute atomic E-state index is 0.206. The van der Waals surface area contributed by atoms with Gasteiger partial charge in [-0.25, -0.2) is 4.98 Å². The number of carbonyl (C=O) groups is 1. The normalized spacial score (nSPS) is 10.2. The fraction of sp³-hybridized carbons (Fsp3) is 0.308. The van der Waals surface area contributed by atoms with Gasteiger partial charge in [-0.15, -0.1) is 11.3 Å². The predicted molar refractivity (Wildman–Crippen MR) is 74.7 cm³/mol. The minimum Gasteiger partial charge on any atom is -0.466 e. The second kappa shape index (κ2) is 6.29. The number of thiazole rings is 1. The fourth-order valence-corrected chi connectivity index (χ4v) is 2.28. The molecule has 0 aliphatic carbocycles. The maximum absolute atomic E-state index is 11.3. The van der Waals surface area contributed by atoms with E-state index in [1.54, 1.807) is 19.3 Å². The van der Waals surface area contributed by atoms with Crippen molar-refractivity contribution in [2.45, 2.75) is 20.3 Å². The van der Waals surface area contributed by atoms with Crippen LogP contribution in [0.4, 0.5) is 10.8 Å². The molecule has 0 aromatic carbocycles. The van der Waals surface area contributed by atoms with E-state index in [-0.39, 0.29) is 12.4 Å². The fourth-order valence-electron chi connectivity index (χ4n) is 1.55. The zero-order valence-electron chi connectivity index (χ0n) is 10.8. The SMILES string of the molecule is CCOC(=O)Cc1csc(Nc2cncc(C)c2)n1. The standard InChI is InChI=1S/C13H15N3O2S/c1-3-18-12(17)5-11-8-19-13(16-11)15-10-4-9(2)6-14-7-10/h4,6-8H,3,5H2,1-2H3,(H,15,16). The lowest BCUT2D eigenvalue weighted by Crippen LogP contribution is -2.07. The van der Waals surface area contributed by atoms with Crippen LogP contribution >= 0.6 is 11.3 Å². The predicted octanol–water partition coefficient (Wildman–Crippen LogP) is 2.70. The molecule has 2 rings (SSSR count). The van der Waals surface area contributed by atoms with E-state index >= 15 is 0 Å². The summed E-state index contributed by atoms with van der Waals surface area (Å²) in [6, 6.07) is 1.99. The van der Waals surface area contributed by atoms with E-state index in [9.17, 15) is 4.79 Å². The van der Waals surface area contributed by atoms with E-state index in [0.717, 1.165) is 16.4 Å². The van der Waals surface area contributed by atoms with Crippen molar-refractivity contribution in [2.24, 2.45) is 0 Å². The summed E-state index contributed by atoms with van der Waals surface area (Å²) in [5.74, 6) is -0.253. The maximum atomic E-state index is 11.3. The number of esters is 1. The van der Waals surface area contributed by atoms with E-state index in [1.165, 1.54) is 11.3 Å². The van der Waals surface area contributed by atoms with Crippen LogP contribution in [-0.4, -0.2) is 22.5 Å². The quantitative estimate of drug-likeness (QED) is 0.851. The Balaban J connectivity index is 1.99. The molecule has 0 radical (unpaired) electrons. The molecule has 1 N–H and O–H groups in total. The van der Waals surface area contributed by atoms with Gasteiger partial charge in [-0.2, -0.15) is 0 Å². The summed E-state index contributed by atoms with van der Waals surface area (Å²) in [5.41, 5.74) is 2.68. The minimum atomic E-state index is -0.253. The van der Waals surface area contributed by atoms with Crippen molar-refractivity contribution in [2.75, 3.05) is 11.9 Å². The second-order valence-electron chi connectivity index (χ2n) is 4.00. The first-order valence-electron chi connectivity index (χ1n) is 5.96. The van der Waals surface area contributed by atoms with Gasteiger partial charge >= 0.3 is 5.97 Å². The number of aryl methyl sites for hydroxylation is 1. The lowest BCUT2D eigenvalue weighted by molar-refractivity contribution is -0.142. The molecule has 0 spiro atoms. The third-order valence-corrected chi connectivity index (χ3v) is 3.12. The molecule has 5 nitrogen and oxygen atoms in total. The summed E-state index contributed by atoms with van der Waals surface area (Å²) < 4.78 is 4.88. The highest BCUT2D eigenvalue weighted by molar-refractivity contribution is 7.13. The van der Waals surface area contributed by atoms with Crippen LogP contribution in [0.5, 0.6) is 0 Å². The van der Waals surface area contributed by atoms with Crippen LogP contribution in [0.1, 0.15) is 18.2 Å². The number of rotatable bonds is 5. The Bertz CT molecular complexity index is 569. The van der Waals surface area contributed by atoms with Crippen LogP contribution in [0.25, 0.3) is 0 Å². The Morgan fingerprint density at radius 1 is 1.47 bits per heavy atom. The van der Waals surface area contributed by atoms with Crippen molar-refractivity contribution in [1.29, 1.82) is 0 Å². The molecule has 2 aromatic rings. The molecule has 0 aliphatic rings. The van der Waals surface area contributed by atoms with Gasteiger partial charge in [0.05, 0.1) is 30.6 Å². The average Bonchev–Trinajstić information content (AvgIpc) is 2.76. The first-order chi connectivity index (χ1) is 9.17. The third-order valence-electron chi connectivity index (χ3n) is 2.31. The van der Waals surface area contributed by atoms with Crippen LogP contribution in [0.15, 0.2) is 23.8 Å². The summed E-state index contributed by atoms with van der Waals surface area (Å²) in [6.45, 7) is 4.16. The molecule has 0 aliphatic heterocycles. The van der Waals surface area contributed by atoms with Crippen molar-refractivity contribution in [3.05, 3.63) is 35.1 Å². The molecule has 0 saturated heterocycles. The highest BCUT2D eigenvalue weighted by atomic mass is 32.1. The average molecular weight is 277 g/mol. The molecule has 19 heavy (non-hydrogen) atoms. The van der Waals surface area contributed by atoms with Crippen LogP contribution in [-0.2, 0) is 16.0 Å². The third kappa shape index (κ3) is 4.03. The highest BCUT2D eigenvalue weighted by Gasteiger charge is 2.08. The number of carbonyl (C=O) groups excluding carboxylic acids is 1. The van der Waals surface area contributed by atoms with Gasteiger partial charge < -0.3 is 10.1 Å². The molecule has 0 saturated carbocycles. The van der Waals surface area contributed by atoms with E-state index in [0.29, 0.717) is 12.3 Å². The Kier molecular flexibility index (Phi) is 4.46. The topological polar surface area (TPSA) is 64.1 Å². The van der Waals surface area contributed by atoms with Crippen molar-refractivity contribution in [3.63, 3.8) is 0 Å². The maximum Gasteiger partial charge on any atom is 0.311 e. The largest absolute Gasteiger partial charge is 0.466 e. The van der Waals surface area contributed by atoms with E-state index in [4.69, 9.17) is 4.74 Å². The molecule has 0 fully saturated rings. The lowest BCUT2D eigenvalue weighted by atomic mass is 10.3. The Hall–Kier alpha value is -1.95. The van der Waals surface area contributed by atoms with Gasteiger partial charge in [0, 0.05) is 11.6 Å². The Labute approximate surface area is 115 Å². The zero-order chi connectivity index (χ0) is 13.7. The van der Waals surface area contributed by atoms with Gasteiger partial charge in [0.2, 0.25) is 0 Å². The van der Waals surface area contributed by atoms with Crippen molar-refractivity contribution in [3.8, 4) is 0 Å². The van der Waals surface area contributed by atoms with Crippen LogP contribution < -0.4 is 5.32 Å². The van der Waals surface area contributed by atoms with Gasteiger partial charge in [0.25, 0.3) is 0 Å². The van der Waals surface area contributed by atoms with Crippen molar-refractivity contribution >= 4 is 28.1 Å². The zero-order valence-corrected chi connectivity index (χ0v) is 11.7. The molecule has 0 amide bonds. The molecular weight excluding hydrogens is 262 g/mol. The monoisotopic (exact) mass is 277 g/mol. The number of hydrogen-bond donors (Lipinski definition) is 1. The smallest absolute Gasteiger partial charge is 0.311 e. The number of nitrogens with zero attached hydrogens (tertiary/aromatic N) is 2. The molecule has 2 heterocycles. The van der Waals surface area contributed by atoms with Crippen molar-refractivity contribution in [1.82, 2.24) is 9.97 Å². The molecule has 6 heteroatoms. The van der Waals surface area contributed by atoms with Crippen LogP contribution in [0, 0.1) is 6.92 Å². The number of aromatic nitrogens is 2. The lowest BCUT2D eigenvalue weighted by Gasteiger charge is -2.02. The molecule has 2 aromatic heterocycles. The molecule has 0 unspecified atom stereocenters. The van der Waals surface area contributed by atoms with Crippen LogP contribution in [0.3, 0.4) is 0 Å².